The predicted molar refractivity (Wildman–Crippen MR) is 84.9 cm³/mol. The Morgan fingerprint density at radius 1 is 1.45 bits per heavy atom. The third-order valence-electron chi connectivity index (χ3n) is 3.58. The fourth-order valence-electron chi connectivity index (χ4n) is 2.27. The first-order valence-corrected chi connectivity index (χ1v) is 8.05. The topological polar surface area (TPSA) is 37.4 Å². The highest BCUT2D eigenvalue weighted by atomic mass is 32.1. The molecule has 1 aliphatic carbocycles. The van der Waals surface area contributed by atoms with Crippen molar-refractivity contribution in [2.24, 2.45) is 0 Å². The second kappa shape index (κ2) is 5.97. The van der Waals surface area contributed by atoms with Crippen molar-refractivity contribution in [2.45, 2.75) is 25.8 Å². The maximum atomic E-state index is 5.52. The first-order chi connectivity index (χ1) is 9.76. The number of aromatic nitrogens is 1. The largest absolute Gasteiger partial charge is 0.494 e. The standard InChI is InChI=1S/C15H21N3OS/c1-3-19-12-6-7-13-14(10-12)20-15(17-13)16-8-9-18(2)11-4-5-11/h6-7,10-11H,3-5,8-9H2,1-2H3,(H,16,17). The molecule has 0 atom stereocenters. The van der Waals surface area contributed by atoms with Crippen molar-refractivity contribution in [3.8, 4) is 5.75 Å². The molecule has 108 valence electrons. The van der Waals surface area contributed by atoms with Crippen LogP contribution in [0.4, 0.5) is 5.13 Å². The third-order valence-corrected chi connectivity index (χ3v) is 4.56. The highest BCUT2D eigenvalue weighted by Crippen LogP contribution is 2.29. The van der Waals surface area contributed by atoms with Crippen LogP contribution in [0.2, 0.25) is 0 Å². The quantitative estimate of drug-likeness (QED) is 0.850. The van der Waals surface area contributed by atoms with Gasteiger partial charge in [-0.05, 0) is 45.0 Å². The molecule has 0 amide bonds. The molecular formula is C15H21N3OS. The lowest BCUT2D eigenvalue weighted by molar-refractivity contribution is 0.337. The summed E-state index contributed by atoms with van der Waals surface area (Å²) in [5, 5.41) is 4.42. The van der Waals surface area contributed by atoms with E-state index in [0.29, 0.717) is 6.61 Å². The van der Waals surface area contributed by atoms with Gasteiger partial charge in [-0.3, -0.25) is 0 Å². The predicted octanol–water partition coefficient (Wildman–Crippen LogP) is 3.20. The average molecular weight is 291 g/mol. The molecule has 20 heavy (non-hydrogen) atoms. The minimum atomic E-state index is 0.697. The minimum Gasteiger partial charge on any atom is -0.494 e. The monoisotopic (exact) mass is 291 g/mol. The molecule has 1 aliphatic rings. The van der Waals surface area contributed by atoms with Gasteiger partial charge in [-0.25, -0.2) is 4.98 Å². The van der Waals surface area contributed by atoms with Gasteiger partial charge in [-0.2, -0.15) is 0 Å². The van der Waals surface area contributed by atoms with E-state index in [9.17, 15) is 0 Å². The number of thiazole rings is 1. The zero-order valence-electron chi connectivity index (χ0n) is 12.1. The molecule has 1 saturated carbocycles. The van der Waals surface area contributed by atoms with E-state index in [1.807, 2.05) is 19.1 Å². The lowest BCUT2D eigenvalue weighted by Gasteiger charge is -2.15. The maximum absolute atomic E-state index is 5.52. The number of rotatable bonds is 7. The average Bonchev–Trinajstić information content (AvgIpc) is 3.20. The molecule has 1 aromatic heterocycles. The first-order valence-electron chi connectivity index (χ1n) is 7.24. The van der Waals surface area contributed by atoms with Gasteiger partial charge < -0.3 is 15.0 Å². The van der Waals surface area contributed by atoms with Gasteiger partial charge in [0.25, 0.3) is 0 Å². The van der Waals surface area contributed by atoms with E-state index in [1.54, 1.807) is 11.3 Å². The number of nitrogens with zero attached hydrogens (tertiary/aromatic N) is 2. The molecule has 1 N–H and O–H groups in total. The van der Waals surface area contributed by atoms with Gasteiger partial charge in [0, 0.05) is 19.1 Å². The van der Waals surface area contributed by atoms with Gasteiger partial charge in [0.05, 0.1) is 16.8 Å². The molecule has 4 nitrogen and oxygen atoms in total. The highest BCUT2D eigenvalue weighted by Gasteiger charge is 2.25. The van der Waals surface area contributed by atoms with Gasteiger partial charge in [0.1, 0.15) is 5.75 Å². The number of fused-ring (bicyclic) bond motifs is 1. The smallest absolute Gasteiger partial charge is 0.183 e. The summed E-state index contributed by atoms with van der Waals surface area (Å²) in [7, 11) is 2.20. The van der Waals surface area contributed by atoms with Crippen molar-refractivity contribution in [3.05, 3.63) is 18.2 Å². The molecular weight excluding hydrogens is 270 g/mol. The Kier molecular flexibility index (Phi) is 4.08. The van der Waals surface area contributed by atoms with Crippen LogP contribution in [0.25, 0.3) is 10.2 Å². The van der Waals surface area contributed by atoms with Crippen LogP contribution in [-0.2, 0) is 0 Å². The van der Waals surface area contributed by atoms with Crippen LogP contribution in [0.1, 0.15) is 19.8 Å². The Hall–Kier alpha value is -1.33. The van der Waals surface area contributed by atoms with Crippen LogP contribution in [-0.4, -0.2) is 42.7 Å². The van der Waals surface area contributed by atoms with Crippen molar-refractivity contribution < 1.29 is 4.74 Å². The molecule has 0 unspecified atom stereocenters. The van der Waals surface area contributed by atoms with E-state index in [2.05, 4.69) is 28.3 Å². The SMILES string of the molecule is CCOc1ccc2nc(NCCN(C)C3CC3)sc2c1. The first kappa shape index (κ1) is 13.6. The summed E-state index contributed by atoms with van der Waals surface area (Å²) in [6.07, 6.45) is 2.72. The molecule has 0 bridgehead atoms. The third kappa shape index (κ3) is 3.22. The molecule has 5 heteroatoms. The number of nitrogens with one attached hydrogen (secondary N) is 1. The number of benzene rings is 1. The molecule has 1 fully saturated rings. The fraction of sp³-hybridized carbons (Fsp3) is 0.533. The van der Waals surface area contributed by atoms with E-state index in [0.717, 1.165) is 35.5 Å². The van der Waals surface area contributed by atoms with Crippen molar-refractivity contribution in [1.29, 1.82) is 0 Å². The molecule has 0 saturated heterocycles. The van der Waals surface area contributed by atoms with E-state index in [1.165, 1.54) is 17.5 Å². The second-order valence-electron chi connectivity index (χ2n) is 5.22. The second-order valence-corrected chi connectivity index (χ2v) is 6.25. The Labute approximate surface area is 123 Å². The summed E-state index contributed by atoms with van der Waals surface area (Å²) < 4.78 is 6.70. The summed E-state index contributed by atoms with van der Waals surface area (Å²) in [6.45, 7) is 4.72. The van der Waals surface area contributed by atoms with Gasteiger partial charge >= 0.3 is 0 Å². The van der Waals surface area contributed by atoms with Crippen LogP contribution >= 0.6 is 11.3 Å². The molecule has 1 aromatic carbocycles. The molecule has 3 rings (SSSR count). The van der Waals surface area contributed by atoms with Crippen molar-refractivity contribution in [3.63, 3.8) is 0 Å². The summed E-state index contributed by atoms with van der Waals surface area (Å²) in [6, 6.07) is 6.90. The van der Waals surface area contributed by atoms with Gasteiger partial charge in [-0.15, -0.1) is 0 Å². The van der Waals surface area contributed by atoms with Crippen molar-refractivity contribution in [2.75, 3.05) is 32.1 Å². The van der Waals surface area contributed by atoms with Gasteiger partial charge in [0.2, 0.25) is 0 Å². The molecule has 0 spiro atoms. The van der Waals surface area contributed by atoms with E-state index in [-0.39, 0.29) is 0 Å². The summed E-state index contributed by atoms with van der Waals surface area (Å²) >= 11 is 1.69. The summed E-state index contributed by atoms with van der Waals surface area (Å²) in [5.74, 6) is 0.920. The van der Waals surface area contributed by atoms with Crippen LogP contribution in [0.3, 0.4) is 0 Å². The van der Waals surface area contributed by atoms with Crippen LogP contribution < -0.4 is 10.1 Å². The normalized spacial score (nSPS) is 14.9. The number of ether oxygens (including phenoxy) is 1. The Morgan fingerprint density at radius 3 is 3.05 bits per heavy atom. The zero-order valence-corrected chi connectivity index (χ0v) is 12.9. The number of hydrogen-bond donors (Lipinski definition) is 1. The zero-order chi connectivity index (χ0) is 13.9. The van der Waals surface area contributed by atoms with Crippen molar-refractivity contribution >= 4 is 26.7 Å². The highest BCUT2D eigenvalue weighted by molar-refractivity contribution is 7.22. The van der Waals surface area contributed by atoms with Crippen molar-refractivity contribution in [1.82, 2.24) is 9.88 Å². The van der Waals surface area contributed by atoms with Gasteiger partial charge in [0.15, 0.2) is 5.13 Å². The molecule has 0 aliphatic heterocycles. The van der Waals surface area contributed by atoms with Crippen LogP contribution in [0.5, 0.6) is 5.75 Å². The Bertz CT molecular complexity index is 580. The van der Waals surface area contributed by atoms with Crippen LogP contribution in [0, 0.1) is 0 Å². The van der Waals surface area contributed by atoms with E-state index < -0.39 is 0 Å². The molecule has 0 radical (unpaired) electrons. The number of hydrogen-bond acceptors (Lipinski definition) is 5. The minimum absolute atomic E-state index is 0.697. The summed E-state index contributed by atoms with van der Waals surface area (Å²) in [5.41, 5.74) is 1.04. The van der Waals surface area contributed by atoms with Crippen LogP contribution in [0.15, 0.2) is 18.2 Å². The molecule has 2 aromatic rings. The summed E-state index contributed by atoms with van der Waals surface area (Å²) in [4.78, 5) is 7.03. The van der Waals surface area contributed by atoms with Gasteiger partial charge in [-0.1, -0.05) is 11.3 Å². The maximum Gasteiger partial charge on any atom is 0.183 e. The fourth-order valence-corrected chi connectivity index (χ4v) is 3.19. The van der Waals surface area contributed by atoms with E-state index >= 15 is 0 Å². The molecule has 1 heterocycles. The van der Waals surface area contributed by atoms with E-state index in [4.69, 9.17) is 4.74 Å². The number of likely N-dealkylation sites (N-methyl/N-ethyl adjacent to an activating group) is 1. The number of anilines is 1. The lowest BCUT2D eigenvalue weighted by atomic mass is 10.3. The Morgan fingerprint density at radius 2 is 2.30 bits per heavy atom. The lowest BCUT2D eigenvalue weighted by Crippen LogP contribution is -2.26. The Balaban J connectivity index is 1.60.